The molecule has 9 heteroatoms. The first-order valence-corrected chi connectivity index (χ1v) is 9.96. The van der Waals surface area contributed by atoms with Gasteiger partial charge in [-0.15, -0.1) is 5.10 Å². The van der Waals surface area contributed by atoms with E-state index < -0.39 is 0 Å². The molecule has 0 atom stereocenters. The maximum Gasteiger partial charge on any atom is 0.264 e. The van der Waals surface area contributed by atoms with Crippen molar-refractivity contribution in [2.45, 2.75) is 0 Å². The van der Waals surface area contributed by atoms with Crippen LogP contribution in [0.15, 0.2) is 60.5 Å². The molecule has 0 spiro atoms. The third-order valence-electron chi connectivity index (χ3n) is 3.25. The zero-order chi connectivity index (χ0) is 18.7. The van der Waals surface area contributed by atoms with Gasteiger partial charge in [0.05, 0.1) is 15.6 Å². The van der Waals surface area contributed by atoms with Crippen molar-refractivity contribution in [1.29, 1.82) is 0 Å². The Kier molecular flexibility index (Phi) is 6.18. The first-order valence-electron chi connectivity index (χ1n) is 7.18. The molecule has 1 heterocycles. The third kappa shape index (κ3) is 4.56. The fourth-order valence-corrected chi connectivity index (χ4v) is 4.25. The van der Waals surface area contributed by atoms with Gasteiger partial charge in [0, 0.05) is 20.6 Å². The van der Waals surface area contributed by atoms with Crippen molar-refractivity contribution in [2.24, 2.45) is 10.2 Å². The lowest BCUT2D eigenvalue weighted by atomic mass is 10.2. The van der Waals surface area contributed by atoms with E-state index in [1.54, 1.807) is 24.3 Å². The molecule has 1 aliphatic rings. The molecule has 1 aliphatic heterocycles. The molecule has 5 nitrogen and oxygen atoms in total. The number of amidine groups is 1. The van der Waals surface area contributed by atoms with E-state index in [0.29, 0.717) is 25.1 Å². The maximum atomic E-state index is 12.1. The molecule has 2 N–H and O–H groups in total. The second kappa shape index (κ2) is 8.39. The number of benzene rings is 2. The molecule has 0 bridgehead atoms. The van der Waals surface area contributed by atoms with E-state index in [2.05, 4.69) is 47.4 Å². The van der Waals surface area contributed by atoms with Crippen LogP contribution in [-0.4, -0.2) is 22.4 Å². The number of phenols is 1. The van der Waals surface area contributed by atoms with Gasteiger partial charge in [0.15, 0.2) is 5.17 Å². The highest BCUT2D eigenvalue weighted by Crippen LogP contribution is 2.35. The number of phenolic OH excluding ortho intramolecular Hbond substituents is 1. The second-order valence-corrected chi connectivity index (χ2v) is 8.27. The number of amides is 1. The Morgan fingerprint density at radius 3 is 2.73 bits per heavy atom. The number of nitrogens with zero attached hydrogens (tertiary/aromatic N) is 2. The molecule has 26 heavy (non-hydrogen) atoms. The summed E-state index contributed by atoms with van der Waals surface area (Å²) in [6.07, 6.45) is 3.10. The Labute approximate surface area is 175 Å². The maximum absolute atomic E-state index is 12.1. The van der Waals surface area contributed by atoms with Crippen LogP contribution in [0.2, 0.25) is 5.02 Å². The lowest BCUT2D eigenvalue weighted by Crippen LogP contribution is -2.19. The average molecular weight is 516 g/mol. The molecule has 1 saturated heterocycles. The summed E-state index contributed by atoms with van der Waals surface area (Å²) in [5, 5.41) is 21.6. The third-order valence-corrected chi connectivity index (χ3v) is 5.55. The van der Waals surface area contributed by atoms with Gasteiger partial charge in [-0.3, -0.25) is 10.1 Å². The summed E-state index contributed by atoms with van der Waals surface area (Å²) >= 11 is 13.8. The Morgan fingerprint density at radius 2 is 1.96 bits per heavy atom. The van der Waals surface area contributed by atoms with Gasteiger partial charge in [0.25, 0.3) is 5.91 Å². The molecule has 0 saturated carbocycles. The van der Waals surface area contributed by atoms with E-state index in [0.717, 1.165) is 21.8 Å². The minimum atomic E-state index is -0.308. The number of thioether (sulfide) groups is 1. The predicted molar refractivity (Wildman–Crippen MR) is 114 cm³/mol. The van der Waals surface area contributed by atoms with E-state index >= 15 is 0 Å². The highest BCUT2D eigenvalue weighted by Gasteiger charge is 2.24. The van der Waals surface area contributed by atoms with Crippen LogP contribution in [0.1, 0.15) is 11.1 Å². The number of carbonyl (C=O) groups is 1. The van der Waals surface area contributed by atoms with Crippen LogP contribution >= 0.6 is 55.2 Å². The molecule has 0 radical (unpaired) electrons. The molecule has 2 aromatic rings. The molecule has 3 rings (SSSR count). The molecule has 0 unspecified atom stereocenters. The van der Waals surface area contributed by atoms with E-state index in [4.69, 9.17) is 11.6 Å². The van der Waals surface area contributed by atoms with Gasteiger partial charge in [-0.05, 0) is 52.0 Å². The first-order chi connectivity index (χ1) is 12.4. The molecular formula is C17H10Br2ClN3O2S. The largest absolute Gasteiger partial charge is 0.506 e. The Balaban J connectivity index is 1.80. The van der Waals surface area contributed by atoms with Crippen molar-refractivity contribution in [2.75, 3.05) is 0 Å². The Hall–Kier alpha value is -1.61. The van der Waals surface area contributed by atoms with Crippen LogP contribution in [0.25, 0.3) is 6.08 Å². The molecular weight excluding hydrogens is 506 g/mol. The number of rotatable bonds is 3. The van der Waals surface area contributed by atoms with Crippen LogP contribution in [0, 0.1) is 0 Å². The molecule has 0 aliphatic carbocycles. The summed E-state index contributed by atoms with van der Waals surface area (Å²) in [7, 11) is 0. The van der Waals surface area contributed by atoms with Crippen LogP contribution in [0.5, 0.6) is 5.75 Å². The molecule has 2 aromatic carbocycles. The van der Waals surface area contributed by atoms with Gasteiger partial charge in [-0.1, -0.05) is 45.7 Å². The minimum Gasteiger partial charge on any atom is -0.506 e. The quantitative estimate of drug-likeness (QED) is 0.337. The van der Waals surface area contributed by atoms with Gasteiger partial charge in [0.1, 0.15) is 5.75 Å². The average Bonchev–Trinajstić information content (AvgIpc) is 2.93. The fraction of sp³-hybridized carbons (Fsp3) is 0. The van der Waals surface area contributed by atoms with E-state index in [1.165, 1.54) is 6.21 Å². The minimum absolute atomic E-state index is 0.0521. The molecule has 0 aromatic heterocycles. The zero-order valence-electron chi connectivity index (χ0n) is 12.9. The Morgan fingerprint density at radius 1 is 1.19 bits per heavy atom. The first kappa shape index (κ1) is 19.2. The van der Waals surface area contributed by atoms with Crippen molar-refractivity contribution in [3.05, 3.63) is 66.4 Å². The number of aromatic hydroxyl groups is 1. The number of hydrogen-bond donors (Lipinski definition) is 2. The lowest BCUT2D eigenvalue weighted by molar-refractivity contribution is -0.115. The monoisotopic (exact) mass is 513 g/mol. The summed E-state index contributed by atoms with van der Waals surface area (Å²) in [6, 6.07) is 10.7. The van der Waals surface area contributed by atoms with Gasteiger partial charge < -0.3 is 5.11 Å². The van der Waals surface area contributed by atoms with Crippen molar-refractivity contribution in [3.63, 3.8) is 0 Å². The van der Waals surface area contributed by atoms with Gasteiger partial charge in [-0.25, -0.2) is 0 Å². The normalized spacial score (nSPS) is 17.4. The fourth-order valence-electron chi connectivity index (χ4n) is 2.04. The van der Waals surface area contributed by atoms with Crippen LogP contribution in [0.3, 0.4) is 0 Å². The van der Waals surface area contributed by atoms with Crippen molar-refractivity contribution in [3.8, 4) is 5.75 Å². The number of nitrogens with one attached hydrogen (secondary N) is 1. The van der Waals surface area contributed by atoms with Crippen molar-refractivity contribution >= 4 is 78.6 Å². The van der Waals surface area contributed by atoms with E-state index in [1.807, 2.05) is 18.2 Å². The summed E-state index contributed by atoms with van der Waals surface area (Å²) in [6.45, 7) is 0. The molecule has 1 fully saturated rings. The smallest absolute Gasteiger partial charge is 0.264 e. The van der Waals surface area contributed by atoms with Gasteiger partial charge in [0.2, 0.25) is 0 Å². The number of halogens is 3. The van der Waals surface area contributed by atoms with Crippen LogP contribution in [-0.2, 0) is 4.79 Å². The summed E-state index contributed by atoms with van der Waals surface area (Å²) < 4.78 is 1.30. The van der Waals surface area contributed by atoms with Crippen molar-refractivity contribution in [1.82, 2.24) is 5.32 Å². The Bertz CT molecular complexity index is 976. The van der Waals surface area contributed by atoms with Gasteiger partial charge in [-0.2, -0.15) is 5.10 Å². The lowest BCUT2D eigenvalue weighted by Gasteiger charge is -2.03. The van der Waals surface area contributed by atoms with Crippen LogP contribution < -0.4 is 5.32 Å². The number of carbonyl (C=O) groups excluding carboxylic acids is 1. The molecule has 1 amide bonds. The summed E-state index contributed by atoms with van der Waals surface area (Å²) in [5.41, 5.74) is 1.23. The SMILES string of the molecule is O=C1NC(=NN=Cc2ccccc2Cl)SC1=Cc1cc(Br)cc(Br)c1O. The van der Waals surface area contributed by atoms with E-state index in [-0.39, 0.29) is 11.7 Å². The summed E-state index contributed by atoms with van der Waals surface area (Å²) in [4.78, 5) is 12.5. The summed E-state index contributed by atoms with van der Waals surface area (Å²) in [5.74, 6) is -0.256. The standard InChI is InChI=1S/C17H10Br2ClN3O2S/c18-11-5-10(15(24)12(19)7-11)6-14-16(25)22-17(26-14)23-21-8-9-3-1-2-4-13(9)20/h1-8,24H,(H,22,23,25). The molecule has 132 valence electrons. The highest BCUT2D eigenvalue weighted by molar-refractivity contribution is 9.11. The van der Waals surface area contributed by atoms with E-state index in [9.17, 15) is 9.90 Å². The van der Waals surface area contributed by atoms with Crippen LogP contribution in [0.4, 0.5) is 0 Å². The predicted octanol–water partition coefficient (Wildman–Crippen LogP) is 5.16. The second-order valence-electron chi connectivity index (χ2n) is 5.06. The topological polar surface area (TPSA) is 74.0 Å². The van der Waals surface area contributed by atoms with Crippen molar-refractivity contribution < 1.29 is 9.90 Å². The highest BCUT2D eigenvalue weighted by atomic mass is 79.9. The van der Waals surface area contributed by atoms with Gasteiger partial charge >= 0.3 is 0 Å². The zero-order valence-corrected chi connectivity index (χ0v) is 17.7. The number of hydrogen-bond acceptors (Lipinski definition) is 5.